The standard InChI is InChI=1S/C16H20ClNO2/c1-18-12-7-8-14(18)15(16(19)20-2)13(9-12)10-3-5-11(17)6-4-10/h3-6,12-15H,7-9H2,1-2H3/t12?,13-,14-,15-/m1/s1. The Labute approximate surface area is 124 Å². The number of fused-ring (bicyclic) bond motifs is 2. The number of nitrogens with zero attached hydrogens (tertiary/aromatic N) is 1. The predicted molar refractivity (Wildman–Crippen MR) is 78.9 cm³/mol. The van der Waals surface area contributed by atoms with Crippen LogP contribution in [0.4, 0.5) is 0 Å². The Morgan fingerprint density at radius 3 is 2.65 bits per heavy atom. The molecule has 4 heteroatoms. The number of methoxy groups -OCH3 is 1. The molecule has 1 unspecified atom stereocenters. The highest BCUT2D eigenvalue weighted by molar-refractivity contribution is 6.30. The van der Waals surface area contributed by atoms with Crippen LogP contribution in [0, 0.1) is 5.92 Å². The number of piperidine rings is 1. The average molecular weight is 294 g/mol. The van der Waals surface area contributed by atoms with Gasteiger partial charge in [-0.25, -0.2) is 0 Å². The SMILES string of the molecule is COC(=O)[C@@H]1[C@@H](c2ccc(Cl)cc2)CC2CC[C@H]1N2C. The first kappa shape index (κ1) is 13.9. The molecule has 0 radical (unpaired) electrons. The van der Waals surface area contributed by atoms with E-state index in [9.17, 15) is 4.79 Å². The first-order valence-corrected chi connectivity index (χ1v) is 7.55. The summed E-state index contributed by atoms with van der Waals surface area (Å²) in [6.07, 6.45) is 3.29. The van der Waals surface area contributed by atoms with Gasteiger partial charge in [0.25, 0.3) is 0 Å². The third-order valence-corrected chi connectivity index (χ3v) is 5.29. The highest BCUT2D eigenvalue weighted by Gasteiger charge is 2.49. The molecule has 2 fully saturated rings. The van der Waals surface area contributed by atoms with Crippen LogP contribution in [0.1, 0.15) is 30.7 Å². The van der Waals surface area contributed by atoms with Crippen LogP contribution in [0.25, 0.3) is 0 Å². The molecule has 2 heterocycles. The molecule has 0 aromatic heterocycles. The van der Waals surface area contributed by atoms with Gasteiger partial charge in [-0.2, -0.15) is 0 Å². The molecule has 0 amide bonds. The Bertz CT molecular complexity index is 502. The maximum Gasteiger partial charge on any atom is 0.310 e. The molecule has 2 aliphatic rings. The molecule has 0 aliphatic carbocycles. The third-order valence-electron chi connectivity index (χ3n) is 5.04. The van der Waals surface area contributed by atoms with Crippen molar-refractivity contribution in [2.75, 3.05) is 14.2 Å². The molecule has 108 valence electrons. The first-order valence-electron chi connectivity index (χ1n) is 7.17. The van der Waals surface area contributed by atoms with Crippen LogP contribution >= 0.6 is 11.6 Å². The van der Waals surface area contributed by atoms with E-state index in [4.69, 9.17) is 16.3 Å². The van der Waals surface area contributed by atoms with E-state index in [1.54, 1.807) is 0 Å². The molecule has 3 rings (SSSR count). The van der Waals surface area contributed by atoms with Crippen molar-refractivity contribution in [3.05, 3.63) is 34.9 Å². The molecule has 20 heavy (non-hydrogen) atoms. The van der Waals surface area contributed by atoms with Crippen molar-refractivity contribution in [2.45, 2.75) is 37.3 Å². The van der Waals surface area contributed by atoms with E-state index in [1.807, 2.05) is 24.3 Å². The normalized spacial score (nSPS) is 33.1. The number of halogens is 1. The van der Waals surface area contributed by atoms with Gasteiger partial charge in [0.15, 0.2) is 0 Å². The van der Waals surface area contributed by atoms with Crippen LogP contribution in [0.15, 0.2) is 24.3 Å². The Morgan fingerprint density at radius 1 is 1.30 bits per heavy atom. The third kappa shape index (κ3) is 2.23. The second kappa shape index (κ2) is 5.38. The van der Waals surface area contributed by atoms with Gasteiger partial charge in [-0.3, -0.25) is 9.69 Å². The number of carbonyl (C=O) groups is 1. The maximum atomic E-state index is 12.3. The van der Waals surface area contributed by atoms with E-state index in [1.165, 1.54) is 19.1 Å². The van der Waals surface area contributed by atoms with Crippen molar-refractivity contribution in [2.24, 2.45) is 5.92 Å². The lowest BCUT2D eigenvalue weighted by atomic mass is 9.76. The summed E-state index contributed by atoms with van der Waals surface area (Å²) in [5.74, 6) is 0.0977. The van der Waals surface area contributed by atoms with Gasteiger partial charge in [-0.15, -0.1) is 0 Å². The summed E-state index contributed by atoms with van der Waals surface area (Å²) in [5, 5.41) is 0.735. The van der Waals surface area contributed by atoms with E-state index in [2.05, 4.69) is 11.9 Å². The summed E-state index contributed by atoms with van der Waals surface area (Å²) in [4.78, 5) is 14.6. The molecule has 3 nitrogen and oxygen atoms in total. The molecule has 0 saturated carbocycles. The predicted octanol–water partition coefficient (Wildman–Crippen LogP) is 3.08. The van der Waals surface area contributed by atoms with Crippen molar-refractivity contribution in [3.8, 4) is 0 Å². The van der Waals surface area contributed by atoms with Crippen LogP contribution in [0.3, 0.4) is 0 Å². The molecule has 2 bridgehead atoms. The lowest BCUT2D eigenvalue weighted by Crippen LogP contribution is -2.49. The van der Waals surface area contributed by atoms with Crippen molar-refractivity contribution < 1.29 is 9.53 Å². The van der Waals surface area contributed by atoms with Gasteiger partial charge < -0.3 is 4.74 Å². The molecule has 1 aromatic carbocycles. The summed E-state index contributed by atoms with van der Waals surface area (Å²) < 4.78 is 5.07. The Balaban J connectivity index is 1.95. The second-order valence-corrected chi connectivity index (χ2v) is 6.34. The fourth-order valence-electron chi connectivity index (χ4n) is 3.98. The number of hydrogen-bond donors (Lipinski definition) is 0. The van der Waals surface area contributed by atoms with Gasteiger partial charge in [0.1, 0.15) is 0 Å². The number of carbonyl (C=O) groups excluding carboxylic acids is 1. The van der Waals surface area contributed by atoms with Gasteiger partial charge >= 0.3 is 5.97 Å². The number of hydrogen-bond acceptors (Lipinski definition) is 3. The molecule has 2 aliphatic heterocycles. The van der Waals surface area contributed by atoms with Gasteiger partial charge in [0.05, 0.1) is 13.0 Å². The smallest absolute Gasteiger partial charge is 0.310 e. The fourth-order valence-corrected chi connectivity index (χ4v) is 4.10. The van der Waals surface area contributed by atoms with E-state index < -0.39 is 0 Å². The molecule has 0 spiro atoms. The quantitative estimate of drug-likeness (QED) is 0.785. The van der Waals surface area contributed by atoms with Crippen LogP contribution in [-0.4, -0.2) is 37.1 Å². The summed E-state index contributed by atoms with van der Waals surface area (Å²) in [5.41, 5.74) is 1.20. The molecule has 1 aromatic rings. The van der Waals surface area contributed by atoms with Crippen LogP contribution < -0.4 is 0 Å². The average Bonchev–Trinajstić information content (AvgIpc) is 2.70. The van der Waals surface area contributed by atoms with Gasteiger partial charge in [0.2, 0.25) is 0 Å². The zero-order chi connectivity index (χ0) is 14.3. The summed E-state index contributed by atoms with van der Waals surface area (Å²) in [6, 6.07) is 8.81. The first-order chi connectivity index (χ1) is 9.61. The number of rotatable bonds is 2. The van der Waals surface area contributed by atoms with Crippen LogP contribution in [-0.2, 0) is 9.53 Å². The number of ether oxygens (including phenoxy) is 1. The number of benzene rings is 1. The van der Waals surface area contributed by atoms with E-state index >= 15 is 0 Å². The summed E-state index contributed by atoms with van der Waals surface area (Å²) in [7, 11) is 3.62. The van der Waals surface area contributed by atoms with E-state index in [-0.39, 0.29) is 17.8 Å². The molecular weight excluding hydrogens is 274 g/mol. The minimum Gasteiger partial charge on any atom is -0.469 e. The zero-order valence-electron chi connectivity index (χ0n) is 11.9. The largest absolute Gasteiger partial charge is 0.469 e. The lowest BCUT2D eigenvalue weighted by Gasteiger charge is -2.41. The Morgan fingerprint density at radius 2 is 2.00 bits per heavy atom. The summed E-state index contributed by atoms with van der Waals surface area (Å²) in [6.45, 7) is 0. The van der Waals surface area contributed by atoms with Crippen molar-refractivity contribution in [3.63, 3.8) is 0 Å². The molecule has 2 saturated heterocycles. The summed E-state index contributed by atoms with van der Waals surface area (Å²) >= 11 is 5.97. The minimum absolute atomic E-state index is 0.0649. The monoisotopic (exact) mass is 293 g/mol. The Hall–Kier alpha value is -1.06. The highest BCUT2D eigenvalue weighted by atomic mass is 35.5. The van der Waals surface area contributed by atoms with Gasteiger partial charge in [0, 0.05) is 23.0 Å². The van der Waals surface area contributed by atoms with Gasteiger partial charge in [-0.05, 0) is 44.0 Å². The Kier molecular flexibility index (Phi) is 3.74. The van der Waals surface area contributed by atoms with E-state index in [0.717, 1.165) is 17.9 Å². The second-order valence-electron chi connectivity index (χ2n) is 5.91. The van der Waals surface area contributed by atoms with E-state index in [0.29, 0.717) is 12.1 Å². The fraction of sp³-hybridized carbons (Fsp3) is 0.562. The maximum absolute atomic E-state index is 12.3. The lowest BCUT2D eigenvalue weighted by molar-refractivity contribution is -0.150. The minimum atomic E-state index is -0.0813. The van der Waals surface area contributed by atoms with Crippen molar-refractivity contribution in [1.82, 2.24) is 4.90 Å². The van der Waals surface area contributed by atoms with Crippen LogP contribution in [0.5, 0.6) is 0 Å². The highest BCUT2D eigenvalue weighted by Crippen LogP contribution is 2.46. The molecular formula is C16H20ClNO2. The topological polar surface area (TPSA) is 29.5 Å². The zero-order valence-corrected chi connectivity index (χ0v) is 12.6. The van der Waals surface area contributed by atoms with Crippen LogP contribution in [0.2, 0.25) is 5.02 Å². The van der Waals surface area contributed by atoms with Crippen molar-refractivity contribution in [1.29, 1.82) is 0 Å². The number of esters is 1. The molecule has 0 N–H and O–H groups in total. The van der Waals surface area contributed by atoms with Gasteiger partial charge in [-0.1, -0.05) is 23.7 Å². The van der Waals surface area contributed by atoms with Crippen molar-refractivity contribution >= 4 is 17.6 Å². The molecule has 4 atom stereocenters.